The van der Waals surface area contributed by atoms with E-state index in [1.807, 2.05) is 4.90 Å². The summed E-state index contributed by atoms with van der Waals surface area (Å²) in [6.45, 7) is 6.08. The van der Waals surface area contributed by atoms with Crippen LogP contribution in [0.15, 0.2) is 41.3 Å². The third-order valence-electron chi connectivity index (χ3n) is 7.12. The summed E-state index contributed by atoms with van der Waals surface area (Å²) in [6, 6.07) is 9.48. The zero-order valence-electron chi connectivity index (χ0n) is 20.3. The van der Waals surface area contributed by atoms with Crippen LogP contribution >= 0.6 is 11.6 Å². The van der Waals surface area contributed by atoms with Gasteiger partial charge in [-0.15, -0.1) is 0 Å². The third kappa shape index (κ3) is 5.33. The average molecular weight is 522 g/mol. The molecule has 2 heterocycles. The molecule has 2 aromatic rings. The minimum absolute atomic E-state index is 0.0210. The molecule has 0 N–H and O–H groups in total. The molecule has 1 atom stereocenters. The second-order valence-corrected chi connectivity index (χ2v) is 11.8. The number of fused-ring (bicyclic) bond motifs is 1. The number of halogens is 1. The normalized spacial score (nSPS) is 20.3. The van der Waals surface area contributed by atoms with Crippen molar-refractivity contribution >= 4 is 44.3 Å². The molecule has 0 spiro atoms. The van der Waals surface area contributed by atoms with Gasteiger partial charge in [0.15, 0.2) is 0 Å². The van der Waals surface area contributed by atoms with Crippen molar-refractivity contribution in [3.63, 3.8) is 0 Å². The van der Waals surface area contributed by atoms with Crippen LogP contribution in [-0.4, -0.2) is 85.8 Å². The lowest BCUT2D eigenvalue weighted by atomic mass is 10.0. The van der Waals surface area contributed by atoms with Crippen LogP contribution in [0.5, 0.6) is 0 Å². The van der Waals surface area contributed by atoms with Crippen LogP contribution in [0, 0.1) is 0 Å². The fraction of sp³-hybridized carbons (Fsp3) is 0.520. The number of ether oxygens (including phenoxy) is 1. The molecule has 0 aliphatic carbocycles. The van der Waals surface area contributed by atoms with Gasteiger partial charge in [0.1, 0.15) is 12.6 Å². The average Bonchev–Trinajstić information content (AvgIpc) is 3.22. The first-order chi connectivity index (χ1) is 16.6. The maximum Gasteiger partial charge on any atom is 0.321 e. The number of rotatable bonds is 7. The van der Waals surface area contributed by atoms with E-state index in [0.717, 1.165) is 35.6 Å². The number of esters is 1. The van der Waals surface area contributed by atoms with Gasteiger partial charge in [-0.1, -0.05) is 23.7 Å². The molecule has 0 bridgehead atoms. The fourth-order valence-corrected chi connectivity index (χ4v) is 6.85. The fourth-order valence-electron chi connectivity index (χ4n) is 5.08. The number of amides is 1. The molecule has 190 valence electrons. The number of hydrogen-bond acceptors (Lipinski definition) is 6. The largest absolute Gasteiger partial charge is 0.468 e. The minimum atomic E-state index is -4.15. The Bertz CT molecular complexity index is 1210. The van der Waals surface area contributed by atoms with E-state index < -0.39 is 28.6 Å². The van der Waals surface area contributed by atoms with Gasteiger partial charge in [0.2, 0.25) is 15.9 Å². The quantitative estimate of drug-likeness (QED) is 0.520. The molecule has 2 fully saturated rings. The van der Waals surface area contributed by atoms with Crippen molar-refractivity contribution < 1.29 is 22.7 Å². The van der Waals surface area contributed by atoms with Gasteiger partial charge in [-0.2, -0.15) is 4.31 Å². The molecule has 8 nitrogen and oxygen atoms in total. The van der Waals surface area contributed by atoms with Gasteiger partial charge in [-0.05, 0) is 68.1 Å². The molecule has 2 aliphatic heterocycles. The predicted octanol–water partition coefficient (Wildman–Crippen LogP) is 3.13. The summed E-state index contributed by atoms with van der Waals surface area (Å²) in [7, 11) is -2.95. The van der Waals surface area contributed by atoms with Crippen LogP contribution in [0.1, 0.15) is 33.1 Å². The molecule has 0 saturated carbocycles. The lowest BCUT2D eigenvalue weighted by Gasteiger charge is -2.38. The smallest absolute Gasteiger partial charge is 0.321 e. The molecule has 35 heavy (non-hydrogen) atoms. The summed E-state index contributed by atoms with van der Waals surface area (Å²) < 4.78 is 33.3. The van der Waals surface area contributed by atoms with E-state index in [0.29, 0.717) is 29.4 Å². The number of methoxy groups -OCH3 is 1. The number of likely N-dealkylation sites (tertiary alicyclic amines) is 2. The number of benzene rings is 2. The number of nitrogens with zero attached hydrogens (tertiary/aromatic N) is 3. The highest BCUT2D eigenvalue weighted by Crippen LogP contribution is 2.30. The maximum absolute atomic E-state index is 13.7. The Morgan fingerprint density at radius 3 is 2.40 bits per heavy atom. The highest BCUT2D eigenvalue weighted by Gasteiger charge is 2.45. The first kappa shape index (κ1) is 25.9. The van der Waals surface area contributed by atoms with Crippen LogP contribution in [0.3, 0.4) is 0 Å². The SMILES string of the molecule is COC(=O)CN(C1CCN(C2CCN(C(C)C)CC2)C1=O)S(=O)(=O)c1ccc2cc(Cl)ccc2c1. The molecule has 2 aliphatic rings. The molecule has 0 aromatic heterocycles. The van der Waals surface area contributed by atoms with E-state index in [2.05, 4.69) is 18.7 Å². The molecule has 1 unspecified atom stereocenters. The Morgan fingerprint density at radius 1 is 1.09 bits per heavy atom. The molecular formula is C25H32ClN3O5S. The van der Waals surface area contributed by atoms with E-state index in [9.17, 15) is 18.0 Å². The molecule has 10 heteroatoms. The topological polar surface area (TPSA) is 87.2 Å². The molecule has 1 amide bonds. The Labute approximate surface area is 211 Å². The van der Waals surface area contributed by atoms with Crippen LogP contribution in [-0.2, 0) is 24.3 Å². The number of sulfonamides is 1. The molecule has 2 aromatic carbocycles. The van der Waals surface area contributed by atoms with E-state index in [-0.39, 0.29) is 16.8 Å². The van der Waals surface area contributed by atoms with Crippen LogP contribution in [0.25, 0.3) is 10.8 Å². The first-order valence-corrected chi connectivity index (χ1v) is 13.8. The Balaban J connectivity index is 1.60. The minimum Gasteiger partial charge on any atom is -0.468 e. The van der Waals surface area contributed by atoms with Crippen molar-refractivity contribution in [2.75, 3.05) is 33.3 Å². The number of piperidine rings is 1. The summed E-state index contributed by atoms with van der Waals surface area (Å²) in [5.74, 6) is -0.953. The van der Waals surface area contributed by atoms with Gasteiger partial charge < -0.3 is 14.5 Å². The lowest BCUT2D eigenvalue weighted by molar-refractivity contribution is -0.142. The summed E-state index contributed by atoms with van der Waals surface area (Å²) in [5.41, 5.74) is 0. The van der Waals surface area contributed by atoms with Gasteiger partial charge in [-0.3, -0.25) is 9.59 Å². The highest BCUT2D eigenvalue weighted by molar-refractivity contribution is 7.89. The van der Waals surface area contributed by atoms with Gasteiger partial charge in [0, 0.05) is 36.7 Å². The molecule has 4 rings (SSSR count). The number of carbonyl (C=O) groups is 2. The zero-order chi connectivity index (χ0) is 25.3. The molecule has 0 radical (unpaired) electrons. The van der Waals surface area contributed by atoms with Gasteiger partial charge in [0.05, 0.1) is 12.0 Å². The Hall–Kier alpha value is -2.20. The van der Waals surface area contributed by atoms with Gasteiger partial charge in [-0.25, -0.2) is 8.42 Å². The van der Waals surface area contributed by atoms with Crippen molar-refractivity contribution in [2.24, 2.45) is 0 Å². The van der Waals surface area contributed by atoms with E-state index >= 15 is 0 Å². The van der Waals surface area contributed by atoms with Crippen molar-refractivity contribution in [1.29, 1.82) is 0 Å². The molecule has 2 saturated heterocycles. The maximum atomic E-state index is 13.7. The van der Waals surface area contributed by atoms with Gasteiger partial charge in [0.25, 0.3) is 0 Å². The Morgan fingerprint density at radius 2 is 1.74 bits per heavy atom. The van der Waals surface area contributed by atoms with Crippen molar-refractivity contribution in [2.45, 2.75) is 56.1 Å². The standard InChI is InChI=1S/C25H32ClN3O5S/c1-17(2)27-11-8-21(9-12-27)28-13-10-23(25(28)31)29(16-24(30)34-3)35(32,33)22-7-5-18-14-20(26)6-4-19(18)15-22/h4-7,14-15,17,21,23H,8-13,16H2,1-3H3. The zero-order valence-corrected chi connectivity index (χ0v) is 21.9. The molecular weight excluding hydrogens is 490 g/mol. The summed E-state index contributed by atoms with van der Waals surface area (Å²) in [4.78, 5) is 29.9. The van der Waals surface area contributed by atoms with E-state index in [1.165, 1.54) is 13.2 Å². The van der Waals surface area contributed by atoms with Crippen molar-refractivity contribution in [3.05, 3.63) is 41.4 Å². The second-order valence-electron chi connectivity index (χ2n) is 9.48. The number of carbonyl (C=O) groups excluding carboxylic acids is 2. The van der Waals surface area contributed by atoms with Crippen molar-refractivity contribution in [3.8, 4) is 0 Å². The van der Waals surface area contributed by atoms with Crippen LogP contribution < -0.4 is 0 Å². The highest BCUT2D eigenvalue weighted by atomic mass is 35.5. The van der Waals surface area contributed by atoms with Crippen molar-refractivity contribution in [1.82, 2.24) is 14.1 Å². The monoisotopic (exact) mass is 521 g/mol. The van der Waals surface area contributed by atoms with E-state index in [1.54, 1.807) is 30.3 Å². The van der Waals surface area contributed by atoms with E-state index in [4.69, 9.17) is 16.3 Å². The predicted molar refractivity (Wildman–Crippen MR) is 135 cm³/mol. The lowest BCUT2D eigenvalue weighted by Crippen LogP contribution is -2.51. The summed E-state index contributed by atoms with van der Waals surface area (Å²) in [5, 5.41) is 2.05. The second kappa shape index (κ2) is 10.4. The van der Waals surface area contributed by atoms with Gasteiger partial charge >= 0.3 is 5.97 Å². The third-order valence-corrected chi connectivity index (χ3v) is 9.21. The number of hydrogen-bond donors (Lipinski definition) is 0. The summed E-state index contributed by atoms with van der Waals surface area (Å²) >= 11 is 6.05. The van der Waals surface area contributed by atoms with Crippen LogP contribution in [0.4, 0.5) is 0 Å². The Kier molecular flexibility index (Phi) is 7.71. The summed E-state index contributed by atoms with van der Waals surface area (Å²) in [6.07, 6.45) is 2.05. The first-order valence-electron chi connectivity index (χ1n) is 11.9. The van der Waals surface area contributed by atoms with Crippen LogP contribution in [0.2, 0.25) is 5.02 Å².